The Labute approximate surface area is 276 Å². The molecule has 0 aliphatic rings. The fourth-order valence-corrected chi connectivity index (χ4v) is 6.84. The largest absolute Gasteiger partial charge is 0.0622 e. The molecular weight excluding hydrogens is 553 g/mol. The highest BCUT2D eigenvalue weighted by Crippen LogP contribution is 2.22. The lowest BCUT2D eigenvalue weighted by atomic mass is 9.91. The van der Waals surface area contributed by atoms with Gasteiger partial charge in [0.1, 0.15) is 0 Å². The Hall–Kier alpha value is -4.68. The van der Waals surface area contributed by atoms with Crippen molar-refractivity contribution < 1.29 is 0 Å². The summed E-state index contributed by atoms with van der Waals surface area (Å²) < 4.78 is 0. The van der Waals surface area contributed by atoms with Crippen LogP contribution < -0.4 is 0 Å². The SMILES string of the molecule is c1ccc(CCc2ccccc2CCc2ccccc2CCc2ccccc2CCc2ccccc2CCc2ccccc2)cc1. The van der Waals surface area contributed by atoms with Gasteiger partial charge >= 0.3 is 0 Å². The van der Waals surface area contributed by atoms with E-state index in [0.717, 1.165) is 64.2 Å². The van der Waals surface area contributed by atoms with Gasteiger partial charge in [-0.05, 0) is 120 Å². The van der Waals surface area contributed by atoms with Crippen molar-refractivity contribution in [2.24, 2.45) is 0 Å². The summed E-state index contributed by atoms with van der Waals surface area (Å²) in [6, 6.07) is 58.1. The molecule has 0 spiro atoms. The fraction of sp³-hybridized carbons (Fsp3) is 0.217. The first-order chi connectivity index (χ1) is 22.8. The highest BCUT2D eigenvalue weighted by Gasteiger charge is 2.10. The highest BCUT2D eigenvalue weighted by atomic mass is 14.1. The molecule has 230 valence electrons. The fourth-order valence-electron chi connectivity index (χ4n) is 6.84. The second-order valence-corrected chi connectivity index (χ2v) is 12.5. The zero-order chi connectivity index (χ0) is 31.2. The molecule has 0 heterocycles. The number of hydrogen-bond acceptors (Lipinski definition) is 0. The molecule has 6 rings (SSSR count). The minimum absolute atomic E-state index is 1.08. The van der Waals surface area contributed by atoms with Crippen molar-refractivity contribution in [3.8, 4) is 0 Å². The van der Waals surface area contributed by atoms with Crippen LogP contribution in [-0.4, -0.2) is 0 Å². The minimum atomic E-state index is 1.08. The molecule has 0 amide bonds. The Morgan fingerprint density at radius 2 is 0.348 bits per heavy atom. The summed E-state index contributed by atoms with van der Waals surface area (Å²) in [6.45, 7) is 0. The van der Waals surface area contributed by atoms with Crippen molar-refractivity contribution in [1.82, 2.24) is 0 Å². The summed E-state index contributed by atoms with van der Waals surface area (Å²) in [5.74, 6) is 0. The summed E-state index contributed by atoms with van der Waals surface area (Å²) in [7, 11) is 0. The predicted molar refractivity (Wildman–Crippen MR) is 196 cm³/mol. The Bertz CT molecular complexity index is 1650. The van der Waals surface area contributed by atoms with Gasteiger partial charge in [-0.2, -0.15) is 0 Å². The molecule has 0 fully saturated rings. The van der Waals surface area contributed by atoms with E-state index in [1.54, 1.807) is 0 Å². The van der Waals surface area contributed by atoms with E-state index < -0.39 is 0 Å². The molecule has 0 heteroatoms. The Morgan fingerprint density at radius 1 is 0.174 bits per heavy atom. The Morgan fingerprint density at radius 3 is 0.565 bits per heavy atom. The molecule has 0 saturated carbocycles. The lowest BCUT2D eigenvalue weighted by Gasteiger charge is -2.15. The van der Waals surface area contributed by atoms with E-state index in [1.165, 1.54) is 55.6 Å². The van der Waals surface area contributed by atoms with Crippen molar-refractivity contribution >= 4 is 0 Å². The maximum Gasteiger partial charge on any atom is -0.0235 e. The summed E-state index contributed by atoms with van der Waals surface area (Å²) in [4.78, 5) is 0. The van der Waals surface area contributed by atoms with Crippen LogP contribution in [0.5, 0.6) is 0 Å². The number of aryl methyl sites for hydroxylation is 10. The molecule has 0 radical (unpaired) electrons. The van der Waals surface area contributed by atoms with Gasteiger partial charge in [-0.1, -0.05) is 158 Å². The first kappa shape index (κ1) is 31.3. The third-order valence-corrected chi connectivity index (χ3v) is 9.52. The maximum absolute atomic E-state index is 2.35. The maximum atomic E-state index is 2.35. The van der Waals surface area contributed by atoms with E-state index in [4.69, 9.17) is 0 Å². The third kappa shape index (κ3) is 8.95. The number of hydrogen-bond donors (Lipinski definition) is 0. The summed E-state index contributed by atoms with van der Waals surface area (Å²) in [6.07, 6.45) is 10.9. The zero-order valence-electron chi connectivity index (χ0n) is 27.1. The van der Waals surface area contributed by atoms with E-state index in [2.05, 4.69) is 158 Å². The monoisotopic (exact) mass is 598 g/mol. The van der Waals surface area contributed by atoms with E-state index in [0.29, 0.717) is 0 Å². The first-order valence-electron chi connectivity index (χ1n) is 17.2. The van der Waals surface area contributed by atoms with Crippen LogP contribution in [0.2, 0.25) is 0 Å². The van der Waals surface area contributed by atoms with Crippen LogP contribution in [-0.2, 0) is 64.2 Å². The predicted octanol–water partition coefficient (Wildman–Crippen LogP) is 10.6. The standard InChI is InChI=1S/C46H46/c1-3-15-37(16-4-1)27-29-39-19-7-9-21-41(39)31-33-43-23-11-13-25-45(43)35-36-46-26-14-12-24-44(46)34-32-42-22-10-8-20-40(42)30-28-38-17-5-2-6-18-38/h1-26H,27-36H2. The van der Waals surface area contributed by atoms with E-state index in [9.17, 15) is 0 Å². The van der Waals surface area contributed by atoms with Crippen molar-refractivity contribution in [3.63, 3.8) is 0 Å². The molecule has 6 aromatic rings. The quantitative estimate of drug-likeness (QED) is 0.110. The van der Waals surface area contributed by atoms with Crippen LogP contribution in [0, 0.1) is 0 Å². The summed E-state index contributed by atoms with van der Waals surface area (Å²) in [5.41, 5.74) is 14.7. The Balaban J connectivity index is 1.07. The molecule has 0 N–H and O–H groups in total. The van der Waals surface area contributed by atoms with E-state index >= 15 is 0 Å². The molecule has 6 aromatic carbocycles. The molecule has 0 atom stereocenters. The number of benzene rings is 6. The Kier molecular flexibility index (Phi) is 11.3. The van der Waals surface area contributed by atoms with Gasteiger partial charge in [-0.15, -0.1) is 0 Å². The van der Waals surface area contributed by atoms with Crippen LogP contribution in [0.25, 0.3) is 0 Å². The van der Waals surface area contributed by atoms with Crippen molar-refractivity contribution in [2.75, 3.05) is 0 Å². The van der Waals surface area contributed by atoms with E-state index in [-0.39, 0.29) is 0 Å². The zero-order valence-corrected chi connectivity index (χ0v) is 27.1. The van der Waals surface area contributed by atoms with Crippen LogP contribution in [0.4, 0.5) is 0 Å². The molecule has 0 aliphatic heterocycles. The van der Waals surface area contributed by atoms with Gasteiger partial charge in [0.25, 0.3) is 0 Å². The molecule has 0 aromatic heterocycles. The average Bonchev–Trinajstić information content (AvgIpc) is 3.12. The molecule has 0 unspecified atom stereocenters. The van der Waals surface area contributed by atoms with Crippen molar-refractivity contribution in [2.45, 2.75) is 64.2 Å². The molecule has 0 saturated heterocycles. The van der Waals surface area contributed by atoms with Gasteiger partial charge in [0, 0.05) is 0 Å². The normalized spacial score (nSPS) is 11.0. The van der Waals surface area contributed by atoms with E-state index in [1.807, 2.05) is 0 Å². The molecular formula is C46H46. The lowest BCUT2D eigenvalue weighted by molar-refractivity contribution is 0.853. The molecule has 0 bridgehead atoms. The van der Waals surface area contributed by atoms with Gasteiger partial charge in [0.2, 0.25) is 0 Å². The molecule has 0 nitrogen and oxygen atoms in total. The van der Waals surface area contributed by atoms with Gasteiger partial charge in [-0.25, -0.2) is 0 Å². The van der Waals surface area contributed by atoms with Gasteiger partial charge < -0.3 is 0 Å². The second-order valence-electron chi connectivity index (χ2n) is 12.5. The minimum Gasteiger partial charge on any atom is -0.0622 e. The van der Waals surface area contributed by atoms with Crippen LogP contribution in [0.1, 0.15) is 55.6 Å². The summed E-state index contributed by atoms with van der Waals surface area (Å²) >= 11 is 0. The second kappa shape index (κ2) is 16.6. The topological polar surface area (TPSA) is 0 Å². The van der Waals surface area contributed by atoms with Gasteiger partial charge in [0.15, 0.2) is 0 Å². The van der Waals surface area contributed by atoms with Gasteiger partial charge in [0.05, 0.1) is 0 Å². The summed E-state index contributed by atoms with van der Waals surface area (Å²) in [5, 5.41) is 0. The molecule has 46 heavy (non-hydrogen) atoms. The van der Waals surface area contributed by atoms with Crippen molar-refractivity contribution in [3.05, 3.63) is 213 Å². The number of rotatable bonds is 15. The molecule has 0 aliphatic carbocycles. The third-order valence-electron chi connectivity index (χ3n) is 9.52. The van der Waals surface area contributed by atoms with Crippen LogP contribution >= 0.6 is 0 Å². The smallest absolute Gasteiger partial charge is 0.0235 e. The average molecular weight is 599 g/mol. The first-order valence-corrected chi connectivity index (χ1v) is 17.2. The lowest BCUT2D eigenvalue weighted by Crippen LogP contribution is -2.04. The van der Waals surface area contributed by atoms with Gasteiger partial charge in [-0.3, -0.25) is 0 Å². The van der Waals surface area contributed by atoms with Crippen molar-refractivity contribution in [1.29, 1.82) is 0 Å². The van der Waals surface area contributed by atoms with Crippen LogP contribution in [0.3, 0.4) is 0 Å². The highest BCUT2D eigenvalue weighted by molar-refractivity contribution is 5.36. The van der Waals surface area contributed by atoms with Crippen LogP contribution in [0.15, 0.2) is 158 Å².